The number of aryl methyl sites for hydroxylation is 1. The zero-order valence-corrected chi connectivity index (χ0v) is 8.85. The molecule has 0 saturated heterocycles. The third kappa shape index (κ3) is 2.05. The highest BCUT2D eigenvalue weighted by Crippen LogP contribution is 2.26. The minimum Gasteiger partial charge on any atom is -0.475 e. The van der Waals surface area contributed by atoms with Crippen LogP contribution >= 0.6 is 0 Å². The maximum absolute atomic E-state index is 11.2. The number of rotatable bonds is 3. The Balaban J connectivity index is 2.19. The number of nitrogens with zero attached hydrogens (tertiary/aromatic N) is 1. The second-order valence-corrected chi connectivity index (χ2v) is 3.88. The lowest BCUT2D eigenvalue weighted by atomic mass is 10.0. The molecule has 1 aromatic rings. The van der Waals surface area contributed by atoms with E-state index in [-0.39, 0.29) is 6.54 Å². The van der Waals surface area contributed by atoms with Crippen LogP contribution in [0.25, 0.3) is 0 Å². The van der Waals surface area contributed by atoms with E-state index in [1.54, 1.807) is 0 Å². The van der Waals surface area contributed by atoms with Crippen LogP contribution in [0.2, 0.25) is 0 Å². The molecule has 0 spiro atoms. The van der Waals surface area contributed by atoms with Gasteiger partial charge in [0.2, 0.25) is 0 Å². The highest BCUT2D eigenvalue weighted by Gasteiger charge is 2.21. The molecule has 4 heteroatoms. The van der Waals surface area contributed by atoms with Gasteiger partial charge in [-0.2, -0.15) is 0 Å². The molecule has 16 heavy (non-hydrogen) atoms. The zero-order chi connectivity index (χ0) is 11.5. The standard InChI is InChI=1S/C12H13NO3/c14-11(12(15)16)8-13-7-3-5-9-4-1-2-6-10(9)13/h1-2,4,6H,3,5,7-8H2,(H,15,16). The predicted octanol–water partition coefficient (Wildman–Crippen LogP) is 1.09. The predicted molar refractivity (Wildman–Crippen MR) is 59.6 cm³/mol. The number of fused-ring (bicyclic) bond motifs is 1. The molecule has 4 nitrogen and oxygen atoms in total. The molecular weight excluding hydrogens is 206 g/mol. The Morgan fingerprint density at radius 2 is 2.06 bits per heavy atom. The summed E-state index contributed by atoms with van der Waals surface area (Å²) in [7, 11) is 0. The highest BCUT2D eigenvalue weighted by atomic mass is 16.4. The number of hydrogen-bond donors (Lipinski definition) is 1. The summed E-state index contributed by atoms with van der Waals surface area (Å²) in [6.07, 6.45) is 1.96. The number of carbonyl (C=O) groups is 2. The Morgan fingerprint density at radius 3 is 2.81 bits per heavy atom. The van der Waals surface area contributed by atoms with Crippen LogP contribution < -0.4 is 4.90 Å². The van der Waals surface area contributed by atoms with E-state index in [2.05, 4.69) is 0 Å². The molecule has 1 aliphatic rings. The summed E-state index contributed by atoms with van der Waals surface area (Å²) in [6, 6.07) is 7.82. The van der Waals surface area contributed by atoms with Gasteiger partial charge in [-0.3, -0.25) is 4.79 Å². The van der Waals surface area contributed by atoms with E-state index in [1.807, 2.05) is 29.2 Å². The average Bonchev–Trinajstić information content (AvgIpc) is 2.29. The van der Waals surface area contributed by atoms with Crippen molar-refractivity contribution in [3.8, 4) is 0 Å². The number of para-hydroxylation sites is 1. The molecular formula is C12H13NO3. The molecule has 0 saturated carbocycles. The Labute approximate surface area is 93.5 Å². The second kappa shape index (κ2) is 4.35. The first-order valence-electron chi connectivity index (χ1n) is 5.27. The van der Waals surface area contributed by atoms with Crippen molar-refractivity contribution in [3.05, 3.63) is 29.8 Å². The maximum Gasteiger partial charge on any atom is 0.374 e. The summed E-state index contributed by atoms with van der Waals surface area (Å²) in [5.41, 5.74) is 2.18. The van der Waals surface area contributed by atoms with E-state index in [4.69, 9.17) is 5.11 Å². The van der Waals surface area contributed by atoms with Crippen molar-refractivity contribution < 1.29 is 14.7 Å². The zero-order valence-electron chi connectivity index (χ0n) is 8.85. The number of carboxylic acids is 1. The van der Waals surface area contributed by atoms with Gasteiger partial charge in [-0.15, -0.1) is 0 Å². The van der Waals surface area contributed by atoms with Crippen molar-refractivity contribution in [1.82, 2.24) is 0 Å². The van der Waals surface area contributed by atoms with Crippen LogP contribution in [0, 0.1) is 0 Å². The minimum atomic E-state index is -1.36. The van der Waals surface area contributed by atoms with Gasteiger partial charge in [0.15, 0.2) is 0 Å². The van der Waals surface area contributed by atoms with Crippen LogP contribution in [0.1, 0.15) is 12.0 Å². The van der Waals surface area contributed by atoms with Crippen molar-refractivity contribution in [3.63, 3.8) is 0 Å². The first kappa shape index (κ1) is 10.7. The fraction of sp³-hybridized carbons (Fsp3) is 0.333. The number of hydrogen-bond acceptors (Lipinski definition) is 3. The monoisotopic (exact) mass is 219 g/mol. The van der Waals surface area contributed by atoms with Gasteiger partial charge in [-0.25, -0.2) is 4.79 Å². The first-order chi connectivity index (χ1) is 7.68. The molecule has 0 radical (unpaired) electrons. The molecule has 84 valence electrons. The summed E-state index contributed by atoms with van der Waals surface area (Å²) in [5, 5.41) is 8.58. The molecule has 1 heterocycles. The third-order valence-electron chi connectivity index (χ3n) is 2.78. The lowest BCUT2D eigenvalue weighted by molar-refractivity contribution is -0.148. The molecule has 0 amide bonds. The highest BCUT2D eigenvalue weighted by molar-refractivity contribution is 6.34. The molecule has 0 atom stereocenters. The molecule has 0 fully saturated rings. The molecule has 1 N–H and O–H groups in total. The molecule has 1 aromatic carbocycles. The van der Waals surface area contributed by atoms with Crippen molar-refractivity contribution in [2.75, 3.05) is 18.0 Å². The average molecular weight is 219 g/mol. The topological polar surface area (TPSA) is 57.6 Å². The fourth-order valence-corrected chi connectivity index (χ4v) is 2.02. The number of carboxylic acid groups (broad SMARTS) is 1. The van der Waals surface area contributed by atoms with Crippen LogP contribution in [-0.2, 0) is 16.0 Å². The quantitative estimate of drug-likeness (QED) is 0.773. The molecule has 0 bridgehead atoms. The number of benzene rings is 1. The molecule has 0 aromatic heterocycles. The number of Topliss-reactive ketones (excluding diaryl/α,β-unsaturated/α-hetero) is 1. The van der Waals surface area contributed by atoms with Gasteiger partial charge in [0.05, 0.1) is 6.54 Å². The molecule has 1 aliphatic heterocycles. The summed E-state index contributed by atoms with van der Waals surface area (Å²) in [6.45, 7) is 0.711. The first-order valence-corrected chi connectivity index (χ1v) is 5.27. The van der Waals surface area contributed by atoms with Crippen LogP contribution in [0.4, 0.5) is 5.69 Å². The van der Waals surface area contributed by atoms with E-state index in [1.165, 1.54) is 5.56 Å². The number of aliphatic carboxylic acids is 1. The van der Waals surface area contributed by atoms with Crippen LogP contribution in [-0.4, -0.2) is 29.9 Å². The largest absolute Gasteiger partial charge is 0.475 e. The number of anilines is 1. The van der Waals surface area contributed by atoms with Crippen molar-refractivity contribution in [2.24, 2.45) is 0 Å². The normalized spacial score (nSPS) is 14.4. The van der Waals surface area contributed by atoms with Gasteiger partial charge in [0.25, 0.3) is 5.78 Å². The summed E-state index contributed by atoms with van der Waals surface area (Å²) in [4.78, 5) is 23.5. The van der Waals surface area contributed by atoms with Crippen LogP contribution in [0.15, 0.2) is 24.3 Å². The van der Waals surface area contributed by atoms with Gasteiger partial charge < -0.3 is 10.0 Å². The van der Waals surface area contributed by atoms with E-state index in [9.17, 15) is 9.59 Å². The lowest BCUT2D eigenvalue weighted by Gasteiger charge is -2.30. The Hall–Kier alpha value is -1.84. The Morgan fingerprint density at radius 1 is 1.31 bits per heavy atom. The maximum atomic E-state index is 11.2. The number of carbonyl (C=O) groups excluding carboxylic acids is 1. The molecule has 0 aliphatic carbocycles. The van der Waals surface area contributed by atoms with Gasteiger partial charge >= 0.3 is 5.97 Å². The van der Waals surface area contributed by atoms with Gasteiger partial charge in [-0.05, 0) is 24.5 Å². The minimum absolute atomic E-state index is 0.0354. The van der Waals surface area contributed by atoms with E-state index in [0.29, 0.717) is 0 Å². The van der Waals surface area contributed by atoms with Crippen molar-refractivity contribution >= 4 is 17.4 Å². The van der Waals surface area contributed by atoms with E-state index in [0.717, 1.165) is 25.1 Å². The van der Waals surface area contributed by atoms with Crippen molar-refractivity contribution in [2.45, 2.75) is 12.8 Å². The summed E-state index contributed by atoms with van der Waals surface area (Å²) in [5.74, 6) is -2.11. The molecule has 0 unspecified atom stereocenters. The lowest BCUT2D eigenvalue weighted by Crippen LogP contribution is -2.36. The summed E-state index contributed by atoms with van der Waals surface area (Å²) < 4.78 is 0. The number of ketones is 1. The second-order valence-electron chi connectivity index (χ2n) is 3.88. The smallest absolute Gasteiger partial charge is 0.374 e. The van der Waals surface area contributed by atoms with Crippen LogP contribution in [0.5, 0.6) is 0 Å². The van der Waals surface area contributed by atoms with Crippen molar-refractivity contribution in [1.29, 1.82) is 0 Å². The Kier molecular flexibility index (Phi) is 2.90. The van der Waals surface area contributed by atoms with Gasteiger partial charge in [0.1, 0.15) is 0 Å². The van der Waals surface area contributed by atoms with E-state index >= 15 is 0 Å². The molecule has 2 rings (SSSR count). The van der Waals surface area contributed by atoms with E-state index < -0.39 is 11.8 Å². The summed E-state index contributed by atoms with van der Waals surface area (Å²) >= 11 is 0. The van der Waals surface area contributed by atoms with Gasteiger partial charge in [0, 0.05) is 12.2 Å². The Bertz CT molecular complexity index is 428. The fourth-order valence-electron chi connectivity index (χ4n) is 2.02. The van der Waals surface area contributed by atoms with Crippen LogP contribution in [0.3, 0.4) is 0 Å². The third-order valence-corrected chi connectivity index (χ3v) is 2.78. The van der Waals surface area contributed by atoms with Gasteiger partial charge in [-0.1, -0.05) is 18.2 Å². The SMILES string of the molecule is O=C(O)C(=O)CN1CCCc2ccccc21.